The molecule has 0 saturated heterocycles. The van der Waals surface area contributed by atoms with E-state index in [-0.39, 0.29) is 5.15 Å². The van der Waals surface area contributed by atoms with Crippen LogP contribution >= 0.6 is 11.6 Å². The number of halogens is 1. The van der Waals surface area contributed by atoms with Gasteiger partial charge in [-0.2, -0.15) is 0 Å². The van der Waals surface area contributed by atoms with Gasteiger partial charge in [0.15, 0.2) is 0 Å². The lowest BCUT2D eigenvalue weighted by molar-refractivity contribution is -0.400. The first-order chi connectivity index (χ1) is 9.10. The average Bonchev–Trinajstić information content (AvgIpc) is 2.37. The van der Waals surface area contributed by atoms with Crippen molar-refractivity contribution in [3.05, 3.63) is 51.3 Å². The first-order valence-corrected chi connectivity index (χ1v) is 6.02. The first kappa shape index (κ1) is 13.3. The van der Waals surface area contributed by atoms with Gasteiger partial charge in [-0.15, -0.1) is 0 Å². The van der Waals surface area contributed by atoms with Crippen molar-refractivity contribution in [3.63, 3.8) is 0 Å². The maximum Gasteiger partial charge on any atom is 0.235 e. The fourth-order valence-electron chi connectivity index (χ4n) is 1.66. The third-order valence-electron chi connectivity index (χ3n) is 2.45. The van der Waals surface area contributed by atoms with Crippen molar-refractivity contribution in [1.82, 2.24) is 4.98 Å². The smallest absolute Gasteiger partial charge is 0.235 e. The van der Waals surface area contributed by atoms with Crippen LogP contribution in [0.5, 0.6) is 5.75 Å². The molecule has 1 aromatic carbocycles. The van der Waals surface area contributed by atoms with Crippen LogP contribution in [0.1, 0.15) is 12.5 Å². The first-order valence-electron chi connectivity index (χ1n) is 5.65. The zero-order chi connectivity index (χ0) is 13.8. The molecule has 6 heteroatoms. The highest BCUT2D eigenvalue weighted by molar-refractivity contribution is 6.31. The van der Waals surface area contributed by atoms with E-state index in [1.54, 1.807) is 12.1 Å². The topological polar surface area (TPSA) is 65.3 Å². The summed E-state index contributed by atoms with van der Waals surface area (Å²) < 4.78 is 5.40. The summed E-state index contributed by atoms with van der Waals surface area (Å²) in [6.45, 7) is 2.47. The van der Waals surface area contributed by atoms with E-state index in [1.165, 1.54) is 6.08 Å². The minimum absolute atomic E-state index is 0.231. The van der Waals surface area contributed by atoms with Gasteiger partial charge < -0.3 is 4.74 Å². The van der Waals surface area contributed by atoms with Gasteiger partial charge in [0.05, 0.1) is 17.0 Å². The van der Waals surface area contributed by atoms with Crippen LogP contribution < -0.4 is 4.74 Å². The fraction of sp³-hybridized carbons (Fsp3) is 0.154. The Balaban J connectivity index is 2.48. The van der Waals surface area contributed by atoms with E-state index in [4.69, 9.17) is 16.3 Å². The number of hydrogen-bond acceptors (Lipinski definition) is 4. The van der Waals surface area contributed by atoms with Crippen molar-refractivity contribution in [3.8, 4) is 5.75 Å². The summed E-state index contributed by atoms with van der Waals surface area (Å²) in [5, 5.41) is 11.4. The van der Waals surface area contributed by atoms with E-state index >= 15 is 0 Å². The number of benzene rings is 1. The third kappa shape index (κ3) is 3.20. The summed E-state index contributed by atoms with van der Waals surface area (Å²) >= 11 is 5.97. The number of pyridine rings is 1. The van der Waals surface area contributed by atoms with Gasteiger partial charge in [0.1, 0.15) is 10.9 Å². The zero-order valence-corrected chi connectivity index (χ0v) is 10.9. The van der Waals surface area contributed by atoms with Gasteiger partial charge in [0.25, 0.3) is 0 Å². The molecule has 19 heavy (non-hydrogen) atoms. The van der Waals surface area contributed by atoms with Crippen LogP contribution in [0.15, 0.2) is 30.5 Å². The molecule has 0 aliphatic rings. The molecular formula is C13H11ClN2O3. The number of aromatic nitrogens is 1. The van der Waals surface area contributed by atoms with Crippen LogP contribution in [-0.2, 0) is 0 Å². The van der Waals surface area contributed by atoms with E-state index in [9.17, 15) is 10.1 Å². The predicted octanol–water partition coefficient (Wildman–Crippen LogP) is 3.53. The van der Waals surface area contributed by atoms with Crippen molar-refractivity contribution >= 4 is 28.6 Å². The fourth-order valence-corrected chi connectivity index (χ4v) is 1.87. The quantitative estimate of drug-likeness (QED) is 0.487. The molecule has 5 nitrogen and oxygen atoms in total. The number of fused-ring (bicyclic) bond motifs is 1. The summed E-state index contributed by atoms with van der Waals surface area (Å²) in [5.41, 5.74) is 1.21. The highest BCUT2D eigenvalue weighted by atomic mass is 35.5. The summed E-state index contributed by atoms with van der Waals surface area (Å²) in [6, 6.07) is 7.17. The number of nitrogens with zero attached hydrogens (tertiary/aromatic N) is 2. The van der Waals surface area contributed by atoms with Gasteiger partial charge in [0, 0.05) is 17.0 Å². The molecule has 1 aromatic heterocycles. The van der Waals surface area contributed by atoms with Crippen LogP contribution in [0.25, 0.3) is 17.0 Å². The summed E-state index contributed by atoms with van der Waals surface area (Å²) in [7, 11) is 0. The van der Waals surface area contributed by atoms with Crippen LogP contribution in [-0.4, -0.2) is 16.5 Å². The molecule has 0 aliphatic carbocycles. The van der Waals surface area contributed by atoms with Crippen molar-refractivity contribution in [1.29, 1.82) is 0 Å². The van der Waals surface area contributed by atoms with E-state index in [0.29, 0.717) is 17.7 Å². The molecule has 0 amide bonds. The zero-order valence-electron chi connectivity index (χ0n) is 10.2. The van der Waals surface area contributed by atoms with Gasteiger partial charge in [0.2, 0.25) is 6.20 Å². The minimum atomic E-state index is -0.545. The Bertz CT molecular complexity index is 656. The maximum atomic E-state index is 10.3. The lowest BCUT2D eigenvalue weighted by Gasteiger charge is -2.05. The molecule has 1 heterocycles. The van der Waals surface area contributed by atoms with Gasteiger partial charge in [-0.05, 0) is 31.2 Å². The lowest BCUT2D eigenvalue weighted by atomic mass is 10.1. The van der Waals surface area contributed by atoms with E-state index in [0.717, 1.165) is 17.3 Å². The average molecular weight is 279 g/mol. The third-order valence-corrected chi connectivity index (χ3v) is 2.76. The maximum absolute atomic E-state index is 10.3. The van der Waals surface area contributed by atoms with E-state index in [2.05, 4.69) is 4.98 Å². The van der Waals surface area contributed by atoms with Crippen LogP contribution in [0.3, 0.4) is 0 Å². The van der Waals surface area contributed by atoms with Gasteiger partial charge in [-0.1, -0.05) is 11.6 Å². The molecule has 0 aliphatic heterocycles. The van der Waals surface area contributed by atoms with Gasteiger partial charge in [-0.3, -0.25) is 10.1 Å². The Labute approximate surface area is 114 Å². The number of ether oxygens (including phenoxy) is 1. The van der Waals surface area contributed by atoms with E-state index < -0.39 is 4.92 Å². The van der Waals surface area contributed by atoms with Crippen molar-refractivity contribution in [2.75, 3.05) is 6.61 Å². The summed E-state index contributed by atoms with van der Waals surface area (Å²) in [6.07, 6.45) is 2.16. The lowest BCUT2D eigenvalue weighted by Crippen LogP contribution is -1.92. The monoisotopic (exact) mass is 278 g/mol. The molecule has 2 rings (SSSR count). The number of hydrogen-bond donors (Lipinski definition) is 0. The summed E-state index contributed by atoms with van der Waals surface area (Å²) in [4.78, 5) is 14.0. The molecule has 0 bridgehead atoms. The van der Waals surface area contributed by atoms with Crippen LogP contribution in [0.4, 0.5) is 0 Å². The van der Waals surface area contributed by atoms with E-state index in [1.807, 2.05) is 19.1 Å². The highest BCUT2D eigenvalue weighted by Crippen LogP contribution is 2.25. The standard InChI is InChI=1S/C13H11ClN2O3/c1-2-19-11-3-4-12-10(8-11)7-9(13(14)15-12)5-6-16(17)18/h3-8H,2H2,1H3/b6-5+. The van der Waals surface area contributed by atoms with Crippen molar-refractivity contribution in [2.45, 2.75) is 6.92 Å². The Morgan fingerprint density at radius 2 is 2.26 bits per heavy atom. The largest absolute Gasteiger partial charge is 0.494 e. The Kier molecular flexibility index (Phi) is 3.97. The molecule has 2 aromatic rings. The predicted molar refractivity (Wildman–Crippen MR) is 74.0 cm³/mol. The molecule has 0 unspecified atom stereocenters. The normalized spacial score (nSPS) is 11.1. The second kappa shape index (κ2) is 5.67. The Morgan fingerprint density at radius 1 is 1.47 bits per heavy atom. The molecule has 0 saturated carbocycles. The van der Waals surface area contributed by atoms with Gasteiger partial charge >= 0.3 is 0 Å². The Morgan fingerprint density at radius 3 is 2.95 bits per heavy atom. The SMILES string of the molecule is CCOc1ccc2nc(Cl)c(/C=C/[N+](=O)[O-])cc2c1. The summed E-state index contributed by atoms with van der Waals surface area (Å²) in [5.74, 6) is 0.725. The van der Waals surface area contributed by atoms with Crippen molar-refractivity contribution < 1.29 is 9.66 Å². The van der Waals surface area contributed by atoms with Crippen molar-refractivity contribution in [2.24, 2.45) is 0 Å². The molecular weight excluding hydrogens is 268 g/mol. The molecule has 0 spiro atoms. The molecule has 0 N–H and O–H groups in total. The minimum Gasteiger partial charge on any atom is -0.494 e. The van der Waals surface area contributed by atoms with Crippen LogP contribution in [0.2, 0.25) is 5.15 Å². The molecule has 0 atom stereocenters. The molecule has 98 valence electrons. The second-order valence-corrected chi connectivity index (χ2v) is 4.12. The highest BCUT2D eigenvalue weighted by Gasteiger charge is 2.05. The number of nitro groups is 1. The number of rotatable bonds is 4. The second-order valence-electron chi connectivity index (χ2n) is 3.76. The van der Waals surface area contributed by atoms with Gasteiger partial charge in [-0.25, -0.2) is 4.98 Å². The molecule has 0 fully saturated rings. The Hall–Kier alpha value is -2.14. The van der Waals surface area contributed by atoms with Crippen LogP contribution in [0, 0.1) is 10.1 Å². The molecule has 0 radical (unpaired) electrons.